The Kier molecular flexibility index (Phi) is 3.14. The van der Waals surface area contributed by atoms with Gasteiger partial charge in [-0.25, -0.2) is 4.39 Å². The maximum Gasteiger partial charge on any atom is 0.166 e. The van der Waals surface area contributed by atoms with E-state index in [1.807, 2.05) is 18.2 Å². The average Bonchev–Trinajstić information content (AvgIpc) is 2.88. The first-order valence-corrected chi connectivity index (χ1v) is 6.57. The second-order valence-corrected chi connectivity index (χ2v) is 4.95. The summed E-state index contributed by atoms with van der Waals surface area (Å²) in [6.45, 7) is 0. The molecule has 4 heteroatoms. The Balaban J connectivity index is 1.86. The number of amidine groups is 1. The lowest BCUT2D eigenvalue weighted by Crippen LogP contribution is -2.11. The van der Waals surface area contributed by atoms with Gasteiger partial charge in [-0.2, -0.15) is 0 Å². The Morgan fingerprint density at radius 3 is 2.65 bits per heavy atom. The summed E-state index contributed by atoms with van der Waals surface area (Å²) >= 11 is 0. The normalized spacial score (nSPS) is 13.1. The van der Waals surface area contributed by atoms with Crippen molar-refractivity contribution in [2.75, 3.05) is 0 Å². The van der Waals surface area contributed by atoms with E-state index in [0.29, 0.717) is 11.3 Å². The molecule has 0 unspecified atom stereocenters. The van der Waals surface area contributed by atoms with Gasteiger partial charge in [-0.05, 0) is 60.7 Å². The van der Waals surface area contributed by atoms with Crippen molar-refractivity contribution < 1.29 is 9.13 Å². The predicted octanol–water partition coefficient (Wildman–Crippen LogP) is 3.39. The summed E-state index contributed by atoms with van der Waals surface area (Å²) in [6.07, 6.45) is 3.33. The number of rotatable bonds is 3. The van der Waals surface area contributed by atoms with Crippen LogP contribution in [0.1, 0.15) is 23.1 Å². The van der Waals surface area contributed by atoms with E-state index in [0.717, 1.165) is 12.8 Å². The van der Waals surface area contributed by atoms with Crippen molar-refractivity contribution in [1.82, 2.24) is 0 Å². The molecule has 2 aromatic carbocycles. The minimum Gasteiger partial charge on any atom is -0.454 e. The van der Waals surface area contributed by atoms with Gasteiger partial charge in [0.15, 0.2) is 11.6 Å². The van der Waals surface area contributed by atoms with Gasteiger partial charge < -0.3 is 10.5 Å². The molecule has 0 fully saturated rings. The summed E-state index contributed by atoms with van der Waals surface area (Å²) in [6, 6.07) is 10.2. The number of nitrogens with one attached hydrogen (secondary N) is 1. The van der Waals surface area contributed by atoms with Crippen molar-refractivity contribution in [3.05, 3.63) is 58.9 Å². The third-order valence-corrected chi connectivity index (χ3v) is 3.54. The minimum atomic E-state index is -0.516. The molecule has 2 aromatic rings. The van der Waals surface area contributed by atoms with Crippen LogP contribution in [0.15, 0.2) is 36.4 Å². The standard InChI is InChI=1S/C16H15FN2O/c17-14-9-12(16(18)19)5-7-15(14)20-13-6-4-10-2-1-3-11(10)8-13/h4-9H,1-3H2,(H3,18,19). The van der Waals surface area contributed by atoms with Crippen LogP contribution in [0.25, 0.3) is 0 Å². The Bertz CT molecular complexity index is 682. The molecule has 3 nitrogen and oxygen atoms in total. The van der Waals surface area contributed by atoms with E-state index in [1.165, 1.54) is 29.7 Å². The van der Waals surface area contributed by atoms with Gasteiger partial charge in [0.2, 0.25) is 0 Å². The summed E-state index contributed by atoms with van der Waals surface area (Å²) in [4.78, 5) is 0. The zero-order valence-electron chi connectivity index (χ0n) is 10.9. The van der Waals surface area contributed by atoms with Crippen LogP contribution in [-0.4, -0.2) is 5.84 Å². The Labute approximate surface area is 116 Å². The highest BCUT2D eigenvalue weighted by molar-refractivity contribution is 5.95. The molecule has 0 amide bonds. The molecular weight excluding hydrogens is 255 g/mol. The number of aryl methyl sites for hydroxylation is 2. The summed E-state index contributed by atoms with van der Waals surface area (Å²) in [5.41, 5.74) is 8.31. The lowest BCUT2D eigenvalue weighted by Gasteiger charge is -2.09. The molecule has 102 valence electrons. The van der Waals surface area contributed by atoms with Gasteiger partial charge in [0.1, 0.15) is 11.6 Å². The molecule has 1 aliphatic carbocycles. The topological polar surface area (TPSA) is 59.1 Å². The number of ether oxygens (including phenoxy) is 1. The van der Waals surface area contributed by atoms with E-state index in [1.54, 1.807) is 6.07 Å². The van der Waals surface area contributed by atoms with Gasteiger partial charge in [0, 0.05) is 5.56 Å². The van der Waals surface area contributed by atoms with Crippen molar-refractivity contribution in [2.24, 2.45) is 5.73 Å². The van der Waals surface area contributed by atoms with E-state index in [2.05, 4.69) is 0 Å². The molecule has 3 N–H and O–H groups in total. The van der Waals surface area contributed by atoms with Crippen LogP contribution < -0.4 is 10.5 Å². The van der Waals surface area contributed by atoms with Gasteiger partial charge in [0.05, 0.1) is 0 Å². The maximum atomic E-state index is 13.9. The molecule has 0 saturated heterocycles. The molecule has 0 aromatic heterocycles. The Morgan fingerprint density at radius 2 is 1.90 bits per heavy atom. The number of halogens is 1. The van der Waals surface area contributed by atoms with Crippen molar-refractivity contribution in [1.29, 1.82) is 5.41 Å². The molecule has 0 saturated carbocycles. The van der Waals surface area contributed by atoms with Crippen LogP contribution in [0.4, 0.5) is 4.39 Å². The molecule has 0 spiro atoms. The fraction of sp³-hybridized carbons (Fsp3) is 0.188. The van der Waals surface area contributed by atoms with Crippen molar-refractivity contribution >= 4 is 5.84 Å². The van der Waals surface area contributed by atoms with Crippen molar-refractivity contribution in [3.8, 4) is 11.5 Å². The Morgan fingerprint density at radius 1 is 1.10 bits per heavy atom. The largest absolute Gasteiger partial charge is 0.454 e. The summed E-state index contributed by atoms with van der Waals surface area (Å²) in [5, 5.41) is 7.28. The van der Waals surface area contributed by atoms with Gasteiger partial charge in [-0.1, -0.05) is 6.07 Å². The van der Waals surface area contributed by atoms with Gasteiger partial charge >= 0.3 is 0 Å². The molecular formula is C16H15FN2O. The number of fused-ring (bicyclic) bond motifs is 1. The van der Waals surface area contributed by atoms with E-state index in [4.69, 9.17) is 15.9 Å². The smallest absolute Gasteiger partial charge is 0.166 e. The maximum absolute atomic E-state index is 13.9. The third kappa shape index (κ3) is 2.37. The molecule has 0 bridgehead atoms. The lowest BCUT2D eigenvalue weighted by molar-refractivity contribution is 0.442. The number of benzene rings is 2. The van der Waals surface area contributed by atoms with Crippen molar-refractivity contribution in [2.45, 2.75) is 19.3 Å². The second-order valence-electron chi connectivity index (χ2n) is 4.95. The molecule has 1 aliphatic rings. The first-order chi connectivity index (χ1) is 9.63. The zero-order valence-corrected chi connectivity index (χ0v) is 10.9. The summed E-state index contributed by atoms with van der Waals surface area (Å²) < 4.78 is 19.5. The molecule has 0 heterocycles. The van der Waals surface area contributed by atoms with Crippen LogP contribution >= 0.6 is 0 Å². The van der Waals surface area contributed by atoms with E-state index in [9.17, 15) is 4.39 Å². The van der Waals surface area contributed by atoms with Crippen LogP contribution in [0.2, 0.25) is 0 Å². The van der Waals surface area contributed by atoms with Gasteiger partial charge in [0.25, 0.3) is 0 Å². The SMILES string of the molecule is N=C(N)c1ccc(Oc2ccc3c(c2)CCC3)c(F)c1. The van der Waals surface area contributed by atoms with Crippen LogP contribution in [0.3, 0.4) is 0 Å². The fourth-order valence-electron chi connectivity index (χ4n) is 2.49. The number of hydrogen-bond donors (Lipinski definition) is 2. The highest BCUT2D eigenvalue weighted by atomic mass is 19.1. The van der Waals surface area contributed by atoms with Crippen LogP contribution in [-0.2, 0) is 12.8 Å². The highest BCUT2D eigenvalue weighted by Crippen LogP contribution is 2.30. The number of hydrogen-bond acceptors (Lipinski definition) is 2. The lowest BCUT2D eigenvalue weighted by atomic mass is 10.1. The van der Waals surface area contributed by atoms with Crippen molar-refractivity contribution in [3.63, 3.8) is 0 Å². The molecule has 0 radical (unpaired) electrons. The molecule has 3 rings (SSSR count). The number of nitrogen functional groups attached to an aromatic ring is 1. The first-order valence-electron chi connectivity index (χ1n) is 6.57. The van der Waals surface area contributed by atoms with Crippen LogP contribution in [0, 0.1) is 11.2 Å². The van der Waals surface area contributed by atoms with E-state index in [-0.39, 0.29) is 11.6 Å². The molecule has 20 heavy (non-hydrogen) atoms. The van der Waals surface area contributed by atoms with Gasteiger partial charge in [-0.15, -0.1) is 0 Å². The zero-order chi connectivity index (χ0) is 14.1. The molecule has 0 aliphatic heterocycles. The van der Waals surface area contributed by atoms with Gasteiger partial charge in [-0.3, -0.25) is 5.41 Å². The van der Waals surface area contributed by atoms with E-state index >= 15 is 0 Å². The monoisotopic (exact) mass is 270 g/mol. The van der Waals surface area contributed by atoms with Crippen LogP contribution in [0.5, 0.6) is 11.5 Å². The average molecular weight is 270 g/mol. The Hall–Kier alpha value is -2.36. The first kappa shape index (κ1) is 12.7. The highest BCUT2D eigenvalue weighted by Gasteiger charge is 2.13. The summed E-state index contributed by atoms with van der Waals surface area (Å²) in [7, 11) is 0. The fourth-order valence-corrected chi connectivity index (χ4v) is 2.49. The third-order valence-electron chi connectivity index (χ3n) is 3.54. The molecule has 0 atom stereocenters. The minimum absolute atomic E-state index is 0.146. The predicted molar refractivity (Wildman–Crippen MR) is 76.0 cm³/mol. The van der Waals surface area contributed by atoms with E-state index < -0.39 is 5.82 Å². The number of nitrogens with two attached hydrogens (primary N) is 1. The quantitative estimate of drug-likeness (QED) is 0.663. The second kappa shape index (κ2) is 4.96. The summed E-state index contributed by atoms with van der Waals surface area (Å²) in [5.74, 6) is 0.110.